The first-order valence-corrected chi connectivity index (χ1v) is 9.26. The molecule has 2 heterocycles. The van der Waals surface area contributed by atoms with Crippen LogP contribution in [0.3, 0.4) is 0 Å². The molecule has 0 spiro atoms. The molecule has 0 aliphatic heterocycles. The van der Waals surface area contributed by atoms with E-state index in [4.69, 9.17) is 17.0 Å². The van der Waals surface area contributed by atoms with Gasteiger partial charge in [0.1, 0.15) is 11.3 Å². The van der Waals surface area contributed by atoms with Crippen molar-refractivity contribution in [2.24, 2.45) is 0 Å². The molecule has 7 nitrogen and oxygen atoms in total. The lowest BCUT2D eigenvalue weighted by Gasteiger charge is -2.18. The summed E-state index contributed by atoms with van der Waals surface area (Å²) in [4.78, 5) is 10.8. The molecule has 0 atom stereocenters. The Morgan fingerprint density at radius 2 is 2.00 bits per heavy atom. The maximum atomic E-state index is 14.3. The van der Waals surface area contributed by atoms with Gasteiger partial charge in [0, 0.05) is 24.5 Å². The summed E-state index contributed by atoms with van der Waals surface area (Å²) in [6, 6.07) is 7.61. The summed E-state index contributed by atoms with van der Waals surface area (Å²) in [7, 11) is 0. The summed E-state index contributed by atoms with van der Waals surface area (Å²) in [5.74, 6) is -3.63. The lowest BCUT2D eigenvalue weighted by atomic mass is 10.1. The summed E-state index contributed by atoms with van der Waals surface area (Å²) in [5, 5.41) is 21.7. The Balaban J connectivity index is 1.69. The van der Waals surface area contributed by atoms with Crippen LogP contribution in [-0.2, 0) is 6.54 Å². The Bertz CT molecular complexity index is 1280. The van der Waals surface area contributed by atoms with Gasteiger partial charge in [-0.15, -0.1) is 0 Å². The predicted octanol–water partition coefficient (Wildman–Crippen LogP) is 4.86. The van der Waals surface area contributed by atoms with Gasteiger partial charge in [-0.2, -0.15) is 0 Å². The standard InChI is InChI=1S/C20H14ClF3N6O/c21-13-6-11(3-4-14(13)22)30(31)19(25)12-7-15(23)16(24)18-17(12)28-20(29-18)27-9-10-2-1-5-26-8-10/h1-8,25,31H,9H2,(H2,27,28,29). The molecule has 11 heteroatoms. The van der Waals surface area contributed by atoms with Crippen LogP contribution in [0, 0.1) is 22.9 Å². The molecule has 4 rings (SSSR count). The van der Waals surface area contributed by atoms with E-state index in [1.54, 1.807) is 18.5 Å². The second-order valence-electron chi connectivity index (χ2n) is 6.50. The second kappa shape index (κ2) is 8.25. The molecule has 0 amide bonds. The molecule has 0 unspecified atom stereocenters. The summed E-state index contributed by atoms with van der Waals surface area (Å²) in [6.45, 7) is 0.310. The molecule has 0 saturated carbocycles. The number of H-pyrrole nitrogens is 1. The molecule has 2 aromatic heterocycles. The van der Waals surface area contributed by atoms with Crippen molar-refractivity contribution < 1.29 is 18.4 Å². The number of aromatic amines is 1. The summed E-state index contributed by atoms with van der Waals surface area (Å²) < 4.78 is 41.9. The van der Waals surface area contributed by atoms with Crippen LogP contribution in [0.4, 0.5) is 24.8 Å². The Hall–Kier alpha value is -3.63. The van der Waals surface area contributed by atoms with Crippen LogP contribution in [-0.4, -0.2) is 26.0 Å². The van der Waals surface area contributed by atoms with Gasteiger partial charge in [0.2, 0.25) is 5.95 Å². The molecule has 0 saturated heterocycles. The third-order valence-corrected chi connectivity index (χ3v) is 4.75. The van der Waals surface area contributed by atoms with Crippen LogP contribution in [0.1, 0.15) is 11.1 Å². The maximum absolute atomic E-state index is 14.3. The molecular weight excluding hydrogens is 433 g/mol. The van der Waals surface area contributed by atoms with Gasteiger partial charge in [-0.05, 0) is 35.9 Å². The Morgan fingerprint density at radius 3 is 2.71 bits per heavy atom. The van der Waals surface area contributed by atoms with E-state index in [9.17, 15) is 18.4 Å². The fraction of sp³-hybridized carbons (Fsp3) is 0.0500. The monoisotopic (exact) mass is 446 g/mol. The van der Waals surface area contributed by atoms with Crippen molar-refractivity contribution in [1.29, 1.82) is 5.41 Å². The lowest BCUT2D eigenvalue weighted by molar-refractivity contribution is 0.312. The van der Waals surface area contributed by atoms with E-state index in [1.165, 1.54) is 6.07 Å². The molecule has 0 bridgehead atoms. The van der Waals surface area contributed by atoms with Crippen molar-refractivity contribution in [3.05, 3.63) is 82.4 Å². The SMILES string of the molecule is N=C(c1cc(F)c(F)c2nc(NCc3cccnc3)[nH]c12)N(O)c1ccc(F)c(Cl)c1. The number of nitrogens with one attached hydrogen (secondary N) is 3. The van der Waals surface area contributed by atoms with Gasteiger partial charge in [-0.25, -0.2) is 23.2 Å². The van der Waals surface area contributed by atoms with Crippen LogP contribution in [0.2, 0.25) is 5.02 Å². The van der Waals surface area contributed by atoms with Gasteiger partial charge < -0.3 is 10.3 Å². The first kappa shape index (κ1) is 20.6. The van der Waals surface area contributed by atoms with E-state index < -0.39 is 23.3 Å². The molecule has 31 heavy (non-hydrogen) atoms. The van der Waals surface area contributed by atoms with Crippen LogP contribution >= 0.6 is 11.6 Å². The molecule has 158 valence electrons. The van der Waals surface area contributed by atoms with Crippen molar-refractivity contribution in [3.63, 3.8) is 0 Å². The third-order valence-electron chi connectivity index (χ3n) is 4.46. The number of halogens is 4. The van der Waals surface area contributed by atoms with Crippen molar-refractivity contribution >= 4 is 40.1 Å². The Labute approximate surface area is 178 Å². The van der Waals surface area contributed by atoms with Crippen LogP contribution in [0.15, 0.2) is 48.8 Å². The molecule has 0 aliphatic rings. The first-order chi connectivity index (χ1) is 14.8. The van der Waals surface area contributed by atoms with E-state index >= 15 is 0 Å². The maximum Gasteiger partial charge on any atom is 0.201 e. The van der Waals surface area contributed by atoms with Crippen molar-refractivity contribution in [3.8, 4) is 0 Å². The number of pyridine rings is 1. The summed E-state index contributed by atoms with van der Waals surface area (Å²) in [6.07, 6.45) is 3.25. The van der Waals surface area contributed by atoms with Crippen molar-refractivity contribution in [2.75, 3.05) is 10.4 Å². The number of aromatic nitrogens is 3. The fourth-order valence-electron chi connectivity index (χ4n) is 2.92. The summed E-state index contributed by atoms with van der Waals surface area (Å²) in [5.41, 5.74) is 0.267. The van der Waals surface area contributed by atoms with Crippen LogP contribution < -0.4 is 10.4 Å². The highest BCUT2D eigenvalue weighted by atomic mass is 35.5. The molecule has 4 N–H and O–H groups in total. The Morgan fingerprint density at radius 1 is 1.19 bits per heavy atom. The minimum absolute atomic E-state index is 0.00940. The Kier molecular flexibility index (Phi) is 5.49. The van der Waals surface area contributed by atoms with E-state index in [2.05, 4.69) is 20.3 Å². The average Bonchev–Trinajstić information content (AvgIpc) is 3.21. The quantitative estimate of drug-likeness (QED) is 0.199. The average molecular weight is 447 g/mol. The van der Waals surface area contributed by atoms with E-state index in [0.29, 0.717) is 11.6 Å². The molecule has 2 aromatic carbocycles. The zero-order chi connectivity index (χ0) is 22.1. The molecule has 4 aromatic rings. The van der Waals surface area contributed by atoms with Crippen LogP contribution in [0.5, 0.6) is 0 Å². The number of amidine groups is 1. The van der Waals surface area contributed by atoms with E-state index in [-0.39, 0.29) is 33.3 Å². The minimum atomic E-state index is -1.25. The van der Waals surface area contributed by atoms with Crippen LogP contribution in [0.25, 0.3) is 11.0 Å². The molecule has 0 aliphatic carbocycles. The number of nitrogens with zero attached hydrogens (tertiary/aromatic N) is 3. The van der Waals surface area contributed by atoms with Gasteiger partial charge in [-0.3, -0.25) is 15.6 Å². The minimum Gasteiger partial charge on any atom is -0.352 e. The smallest absolute Gasteiger partial charge is 0.201 e. The van der Waals surface area contributed by atoms with Gasteiger partial charge in [0.15, 0.2) is 17.5 Å². The zero-order valence-electron chi connectivity index (χ0n) is 15.6. The van der Waals surface area contributed by atoms with Crippen molar-refractivity contribution in [1.82, 2.24) is 15.0 Å². The summed E-state index contributed by atoms with van der Waals surface area (Å²) >= 11 is 5.72. The predicted molar refractivity (Wildman–Crippen MR) is 110 cm³/mol. The van der Waals surface area contributed by atoms with Gasteiger partial charge in [0.05, 0.1) is 16.2 Å². The number of hydrogen-bond acceptors (Lipinski definition) is 5. The van der Waals surface area contributed by atoms with E-state index in [1.807, 2.05) is 6.07 Å². The number of benzene rings is 2. The highest BCUT2D eigenvalue weighted by Gasteiger charge is 2.22. The largest absolute Gasteiger partial charge is 0.352 e. The van der Waals surface area contributed by atoms with Gasteiger partial charge in [0.25, 0.3) is 0 Å². The number of anilines is 2. The second-order valence-corrected chi connectivity index (χ2v) is 6.91. The zero-order valence-corrected chi connectivity index (χ0v) is 16.4. The van der Waals surface area contributed by atoms with E-state index in [0.717, 1.165) is 23.8 Å². The molecular formula is C20H14ClF3N6O. The van der Waals surface area contributed by atoms with Gasteiger partial charge in [-0.1, -0.05) is 17.7 Å². The number of rotatable bonds is 5. The number of hydrogen-bond donors (Lipinski definition) is 4. The highest BCUT2D eigenvalue weighted by Crippen LogP contribution is 2.28. The molecule has 0 radical (unpaired) electrons. The van der Waals surface area contributed by atoms with Crippen molar-refractivity contribution in [2.45, 2.75) is 6.54 Å². The first-order valence-electron chi connectivity index (χ1n) is 8.88. The molecule has 0 fully saturated rings. The number of imidazole rings is 1. The lowest BCUT2D eigenvalue weighted by Crippen LogP contribution is -2.27. The highest BCUT2D eigenvalue weighted by molar-refractivity contribution is 6.31. The number of hydroxylamine groups is 1. The fourth-order valence-corrected chi connectivity index (χ4v) is 3.10. The topological polar surface area (TPSA) is 101 Å². The third kappa shape index (κ3) is 4.03. The normalized spacial score (nSPS) is 11.0. The van der Waals surface area contributed by atoms with Gasteiger partial charge >= 0.3 is 0 Å². The number of fused-ring (bicyclic) bond motifs is 1.